The van der Waals surface area contributed by atoms with E-state index in [9.17, 15) is 14.7 Å². The van der Waals surface area contributed by atoms with Crippen LogP contribution in [0.3, 0.4) is 0 Å². The monoisotopic (exact) mass is 374 g/mol. The lowest BCUT2D eigenvalue weighted by Crippen LogP contribution is -2.41. The van der Waals surface area contributed by atoms with Gasteiger partial charge < -0.3 is 20.1 Å². The number of benzene rings is 1. The predicted octanol–water partition coefficient (Wildman–Crippen LogP) is 3.10. The first-order valence-electron chi connectivity index (χ1n) is 9.47. The summed E-state index contributed by atoms with van der Waals surface area (Å²) in [5, 5.41) is 11.8. The van der Waals surface area contributed by atoms with Crippen molar-refractivity contribution < 1.29 is 19.4 Å². The number of amides is 2. The summed E-state index contributed by atoms with van der Waals surface area (Å²) in [5.41, 5.74) is 3.29. The molecule has 2 rings (SSSR count). The fourth-order valence-electron chi connectivity index (χ4n) is 3.39. The predicted molar refractivity (Wildman–Crippen MR) is 104 cm³/mol. The van der Waals surface area contributed by atoms with Crippen LogP contribution in [-0.4, -0.2) is 47.8 Å². The van der Waals surface area contributed by atoms with E-state index in [1.165, 1.54) is 0 Å². The highest BCUT2D eigenvalue weighted by molar-refractivity contribution is 5.83. The fourth-order valence-corrected chi connectivity index (χ4v) is 3.39. The van der Waals surface area contributed by atoms with Crippen LogP contribution in [0.15, 0.2) is 36.4 Å². The van der Waals surface area contributed by atoms with Crippen LogP contribution in [0.25, 0.3) is 0 Å². The molecule has 1 heterocycles. The molecule has 1 aromatic carbocycles. The van der Waals surface area contributed by atoms with Gasteiger partial charge >= 0.3 is 6.09 Å². The van der Waals surface area contributed by atoms with E-state index in [-0.39, 0.29) is 25.1 Å². The molecule has 1 aliphatic rings. The average molecular weight is 374 g/mol. The van der Waals surface area contributed by atoms with Crippen LogP contribution in [0.4, 0.5) is 4.79 Å². The van der Waals surface area contributed by atoms with Crippen molar-refractivity contribution in [1.82, 2.24) is 10.2 Å². The van der Waals surface area contributed by atoms with Crippen molar-refractivity contribution in [3.63, 3.8) is 0 Å². The van der Waals surface area contributed by atoms with E-state index in [1.54, 1.807) is 0 Å². The molecule has 0 saturated carbocycles. The second-order valence-corrected chi connectivity index (χ2v) is 7.16. The maximum atomic E-state index is 12.6. The van der Waals surface area contributed by atoms with Crippen molar-refractivity contribution in [1.29, 1.82) is 0 Å². The molecule has 6 heteroatoms. The van der Waals surface area contributed by atoms with Gasteiger partial charge in [-0.1, -0.05) is 29.8 Å². The Kier molecular flexibility index (Phi) is 7.85. The zero-order valence-corrected chi connectivity index (χ0v) is 16.2. The highest BCUT2D eigenvalue weighted by Gasteiger charge is 2.30. The SMILES string of the molecule is C=C(C)CCC(CO)OC(=O)NCC(=O)N1CCCC1c1ccccc1C. The molecule has 148 valence electrons. The number of nitrogens with zero attached hydrogens (tertiary/aromatic N) is 1. The number of rotatable bonds is 8. The Morgan fingerprint density at radius 3 is 2.81 bits per heavy atom. The van der Waals surface area contributed by atoms with E-state index in [4.69, 9.17) is 4.74 Å². The van der Waals surface area contributed by atoms with Crippen LogP contribution in [0.5, 0.6) is 0 Å². The normalized spacial score (nSPS) is 17.4. The van der Waals surface area contributed by atoms with Crippen LogP contribution in [0, 0.1) is 6.92 Å². The number of carbonyl (C=O) groups excluding carboxylic acids is 2. The summed E-state index contributed by atoms with van der Waals surface area (Å²) in [6, 6.07) is 8.13. The summed E-state index contributed by atoms with van der Waals surface area (Å²) in [7, 11) is 0. The fraction of sp³-hybridized carbons (Fsp3) is 0.524. The molecule has 27 heavy (non-hydrogen) atoms. The second kappa shape index (κ2) is 10.1. The van der Waals surface area contributed by atoms with E-state index in [0.29, 0.717) is 19.4 Å². The third-order valence-corrected chi connectivity index (χ3v) is 4.87. The van der Waals surface area contributed by atoms with Gasteiger partial charge in [0.15, 0.2) is 0 Å². The van der Waals surface area contributed by atoms with Crippen molar-refractivity contribution in [3.8, 4) is 0 Å². The molecular weight excluding hydrogens is 344 g/mol. The van der Waals surface area contributed by atoms with Gasteiger partial charge in [0.2, 0.25) is 5.91 Å². The van der Waals surface area contributed by atoms with Crippen molar-refractivity contribution in [2.45, 2.75) is 51.7 Å². The van der Waals surface area contributed by atoms with Crippen molar-refractivity contribution in [2.75, 3.05) is 19.7 Å². The summed E-state index contributed by atoms with van der Waals surface area (Å²) in [6.45, 7) is 8.05. The topological polar surface area (TPSA) is 78.9 Å². The van der Waals surface area contributed by atoms with E-state index < -0.39 is 12.2 Å². The molecule has 1 aliphatic heterocycles. The maximum absolute atomic E-state index is 12.6. The minimum Gasteiger partial charge on any atom is -0.444 e. The van der Waals surface area contributed by atoms with E-state index in [1.807, 2.05) is 36.9 Å². The minimum absolute atomic E-state index is 0.0530. The number of hydrogen-bond donors (Lipinski definition) is 2. The highest BCUT2D eigenvalue weighted by Crippen LogP contribution is 2.33. The first-order valence-corrected chi connectivity index (χ1v) is 9.47. The van der Waals surface area contributed by atoms with Crippen LogP contribution < -0.4 is 5.32 Å². The van der Waals surface area contributed by atoms with Crippen LogP contribution in [-0.2, 0) is 9.53 Å². The van der Waals surface area contributed by atoms with Gasteiger partial charge in [-0.2, -0.15) is 0 Å². The lowest BCUT2D eigenvalue weighted by atomic mass is 9.99. The lowest BCUT2D eigenvalue weighted by molar-refractivity contribution is -0.131. The van der Waals surface area contributed by atoms with Gasteiger partial charge in [0, 0.05) is 6.54 Å². The number of carbonyl (C=O) groups is 2. The number of aryl methyl sites for hydroxylation is 1. The van der Waals surface area contributed by atoms with E-state index in [0.717, 1.165) is 29.5 Å². The van der Waals surface area contributed by atoms with Crippen LogP contribution in [0.1, 0.15) is 49.8 Å². The molecular formula is C21H30N2O4. The zero-order valence-electron chi connectivity index (χ0n) is 16.2. The number of aliphatic hydroxyl groups excluding tert-OH is 1. The summed E-state index contributed by atoms with van der Waals surface area (Å²) in [5.74, 6) is -0.125. The molecule has 2 amide bonds. The number of likely N-dealkylation sites (tertiary alicyclic amines) is 1. The molecule has 1 saturated heterocycles. The molecule has 2 N–H and O–H groups in total. The molecule has 0 radical (unpaired) electrons. The Labute approximate surface area is 161 Å². The van der Waals surface area contributed by atoms with Gasteiger partial charge in [-0.25, -0.2) is 4.79 Å². The number of nitrogens with one attached hydrogen (secondary N) is 1. The van der Waals surface area contributed by atoms with Gasteiger partial charge in [-0.05, 0) is 50.7 Å². The van der Waals surface area contributed by atoms with E-state index in [2.05, 4.69) is 18.0 Å². The highest BCUT2D eigenvalue weighted by atomic mass is 16.6. The quantitative estimate of drug-likeness (QED) is 0.686. The molecule has 2 atom stereocenters. The Morgan fingerprint density at radius 1 is 1.41 bits per heavy atom. The number of aliphatic hydroxyl groups is 1. The minimum atomic E-state index is -0.684. The molecule has 0 aliphatic carbocycles. The zero-order chi connectivity index (χ0) is 19.8. The van der Waals surface area contributed by atoms with Crippen LogP contribution >= 0.6 is 0 Å². The Bertz CT molecular complexity index is 674. The molecule has 0 aromatic heterocycles. The number of alkyl carbamates (subject to hydrolysis) is 1. The third-order valence-electron chi connectivity index (χ3n) is 4.87. The van der Waals surface area contributed by atoms with Crippen molar-refractivity contribution in [2.24, 2.45) is 0 Å². The summed E-state index contributed by atoms with van der Waals surface area (Å²) in [4.78, 5) is 26.4. The van der Waals surface area contributed by atoms with Crippen molar-refractivity contribution >= 4 is 12.0 Å². The standard InChI is InChI=1S/C21H30N2O4/c1-15(2)10-11-17(14-24)27-21(26)22-13-20(25)23-12-6-9-19(23)18-8-5-4-7-16(18)3/h4-5,7-8,17,19,24H,1,6,9-14H2,2-3H3,(H,22,26). The van der Waals surface area contributed by atoms with Crippen LogP contribution in [0.2, 0.25) is 0 Å². The van der Waals surface area contributed by atoms with Gasteiger partial charge in [0.1, 0.15) is 12.6 Å². The summed E-state index contributed by atoms with van der Waals surface area (Å²) < 4.78 is 5.18. The molecule has 0 spiro atoms. The van der Waals surface area contributed by atoms with Gasteiger partial charge in [-0.3, -0.25) is 4.79 Å². The first-order chi connectivity index (χ1) is 12.9. The molecule has 1 fully saturated rings. The van der Waals surface area contributed by atoms with E-state index >= 15 is 0 Å². The van der Waals surface area contributed by atoms with Crippen molar-refractivity contribution in [3.05, 3.63) is 47.5 Å². The van der Waals surface area contributed by atoms with Gasteiger partial charge in [0.25, 0.3) is 0 Å². The molecule has 2 unspecified atom stereocenters. The summed E-state index contributed by atoms with van der Waals surface area (Å²) >= 11 is 0. The Morgan fingerprint density at radius 2 is 2.15 bits per heavy atom. The Balaban J connectivity index is 1.86. The number of hydrogen-bond acceptors (Lipinski definition) is 4. The smallest absolute Gasteiger partial charge is 0.407 e. The van der Waals surface area contributed by atoms with Gasteiger partial charge in [0.05, 0.1) is 12.6 Å². The second-order valence-electron chi connectivity index (χ2n) is 7.16. The molecule has 1 aromatic rings. The number of allylic oxidation sites excluding steroid dienone is 1. The van der Waals surface area contributed by atoms with Gasteiger partial charge in [-0.15, -0.1) is 6.58 Å². The average Bonchev–Trinajstić information content (AvgIpc) is 3.13. The summed E-state index contributed by atoms with van der Waals surface area (Å²) in [6.07, 6.45) is 1.77. The largest absolute Gasteiger partial charge is 0.444 e. The first kappa shape index (κ1) is 21.0. The molecule has 6 nitrogen and oxygen atoms in total. The maximum Gasteiger partial charge on any atom is 0.407 e. The molecule has 0 bridgehead atoms. The number of ether oxygens (including phenoxy) is 1. The Hall–Kier alpha value is -2.34. The lowest BCUT2D eigenvalue weighted by Gasteiger charge is -2.26. The third kappa shape index (κ3) is 6.10.